The highest BCUT2D eigenvalue weighted by atomic mass is 32.2. The van der Waals surface area contributed by atoms with Crippen LogP contribution in [0, 0.1) is 0 Å². The summed E-state index contributed by atoms with van der Waals surface area (Å²) in [6.07, 6.45) is 0.392. The van der Waals surface area contributed by atoms with Gasteiger partial charge in [-0.3, -0.25) is 5.73 Å². The second-order valence-electron chi connectivity index (χ2n) is 6.75. The molecule has 10 heteroatoms. The predicted octanol–water partition coefficient (Wildman–Crippen LogP) is 2.85. The predicted molar refractivity (Wildman–Crippen MR) is 114 cm³/mol. The lowest BCUT2D eigenvalue weighted by atomic mass is 10.2. The third-order valence-corrected chi connectivity index (χ3v) is 5.39. The zero-order valence-corrected chi connectivity index (χ0v) is 18.2. The zero-order chi connectivity index (χ0) is 22.6. The standard InChI is InChI=1S/C21H24N2O7S/c1-4-28-21(24)17-10-13-9-15(11-18(20(13)23-17)30-19(22)12-27-2)29-14-5-7-16(8-6-14)31(3,25)26/h5-11,19,23H,4,12,22H2,1-3H3. The number of H-pyrrole nitrogens is 1. The Balaban J connectivity index is 1.97. The number of carbonyl (C=O) groups is 1. The Hall–Kier alpha value is -3.08. The number of aromatic amines is 1. The largest absolute Gasteiger partial charge is 0.471 e. The first-order valence-corrected chi connectivity index (χ1v) is 11.3. The zero-order valence-electron chi connectivity index (χ0n) is 17.4. The molecule has 1 aromatic heterocycles. The topological polar surface area (TPSA) is 130 Å². The van der Waals surface area contributed by atoms with Gasteiger partial charge in [0, 0.05) is 24.8 Å². The number of sulfone groups is 1. The smallest absolute Gasteiger partial charge is 0.354 e. The fourth-order valence-corrected chi connectivity index (χ4v) is 3.54. The van der Waals surface area contributed by atoms with Crippen LogP contribution >= 0.6 is 0 Å². The molecule has 2 aromatic carbocycles. The van der Waals surface area contributed by atoms with Crippen LogP contribution in [0.3, 0.4) is 0 Å². The summed E-state index contributed by atoms with van der Waals surface area (Å²) in [5, 5.41) is 0.646. The van der Waals surface area contributed by atoms with Crippen LogP contribution in [0.15, 0.2) is 47.4 Å². The minimum Gasteiger partial charge on any atom is -0.471 e. The Morgan fingerprint density at radius 3 is 2.45 bits per heavy atom. The van der Waals surface area contributed by atoms with Gasteiger partial charge in [0.05, 0.1) is 23.6 Å². The maximum atomic E-state index is 12.1. The van der Waals surface area contributed by atoms with Crippen molar-refractivity contribution >= 4 is 26.7 Å². The van der Waals surface area contributed by atoms with Gasteiger partial charge in [0.15, 0.2) is 16.1 Å². The molecule has 9 nitrogen and oxygen atoms in total. The summed E-state index contributed by atoms with van der Waals surface area (Å²) in [4.78, 5) is 15.3. The van der Waals surface area contributed by atoms with Gasteiger partial charge in [-0.25, -0.2) is 13.2 Å². The molecule has 3 N–H and O–H groups in total. The van der Waals surface area contributed by atoms with Gasteiger partial charge in [-0.2, -0.15) is 0 Å². The van der Waals surface area contributed by atoms with Crippen LogP contribution < -0.4 is 15.2 Å². The van der Waals surface area contributed by atoms with Gasteiger partial charge in [0.2, 0.25) is 0 Å². The first-order chi connectivity index (χ1) is 14.7. The quantitative estimate of drug-likeness (QED) is 0.377. The number of fused-ring (bicyclic) bond motifs is 1. The van der Waals surface area contributed by atoms with Crippen LogP contribution in [0.5, 0.6) is 17.2 Å². The van der Waals surface area contributed by atoms with Gasteiger partial charge < -0.3 is 23.9 Å². The van der Waals surface area contributed by atoms with Gasteiger partial charge in [0.1, 0.15) is 22.9 Å². The van der Waals surface area contributed by atoms with E-state index >= 15 is 0 Å². The molecule has 0 spiro atoms. The number of nitrogens with one attached hydrogen (secondary N) is 1. The van der Waals surface area contributed by atoms with Crippen LogP contribution in [0.1, 0.15) is 17.4 Å². The molecule has 1 atom stereocenters. The van der Waals surface area contributed by atoms with Crippen molar-refractivity contribution in [2.75, 3.05) is 26.6 Å². The summed E-state index contributed by atoms with van der Waals surface area (Å²) in [6.45, 7) is 2.12. The molecule has 0 amide bonds. The van der Waals surface area contributed by atoms with Crippen LogP contribution in [0.2, 0.25) is 0 Å². The van der Waals surface area contributed by atoms with Crippen molar-refractivity contribution in [3.05, 3.63) is 48.2 Å². The number of methoxy groups -OCH3 is 1. The maximum absolute atomic E-state index is 12.1. The average Bonchev–Trinajstić information content (AvgIpc) is 3.13. The number of hydrogen-bond acceptors (Lipinski definition) is 8. The molecule has 0 aliphatic carbocycles. The first kappa shape index (κ1) is 22.6. The van der Waals surface area contributed by atoms with Crippen LogP contribution in [-0.4, -0.2) is 52.2 Å². The van der Waals surface area contributed by atoms with Crippen molar-refractivity contribution in [3.63, 3.8) is 0 Å². The molecule has 0 saturated carbocycles. The summed E-state index contributed by atoms with van der Waals surface area (Å²) in [7, 11) is -1.80. The summed E-state index contributed by atoms with van der Waals surface area (Å²) in [5.41, 5.74) is 6.74. The van der Waals surface area contributed by atoms with Crippen molar-refractivity contribution in [2.45, 2.75) is 18.0 Å². The van der Waals surface area contributed by atoms with E-state index in [0.717, 1.165) is 6.26 Å². The molecule has 0 radical (unpaired) electrons. The Morgan fingerprint density at radius 1 is 1.13 bits per heavy atom. The third-order valence-electron chi connectivity index (χ3n) is 4.26. The monoisotopic (exact) mass is 448 g/mol. The number of ether oxygens (including phenoxy) is 4. The molecule has 3 aromatic rings. The number of esters is 1. The highest BCUT2D eigenvalue weighted by molar-refractivity contribution is 7.90. The number of rotatable bonds is 9. The van der Waals surface area contributed by atoms with Crippen LogP contribution in [-0.2, 0) is 19.3 Å². The van der Waals surface area contributed by atoms with Crippen molar-refractivity contribution in [1.82, 2.24) is 4.98 Å². The van der Waals surface area contributed by atoms with Gasteiger partial charge >= 0.3 is 5.97 Å². The molecule has 0 aliphatic rings. The Morgan fingerprint density at radius 2 is 1.84 bits per heavy atom. The van der Waals surface area contributed by atoms with E-state index < -0.39 is 22.0 Å². The Kier molecular flexibility index (Phi) is 6.84. The average molecular weight is 448 g/mol. The molecule has 166 valence electrons. The van der Waals surface area contributed by atoms with Crippen molar-refractivity contribution < 1.29 is 32.2 Å². The number of benzene rings is 2. The summed E-state index contributed by atoms with van der Waals surface area (Å²) < 4.78 is 45.0. The number of hydrogen-bond donors (Lipinski definition) is 2. The summed E-state index contributed by atoms with van der Waals surface area (Å²) in [5.74, 6) is 0.707. The molecular formula is C21H24N2O7S. The normalized spacial score (nSPS) is 12.5. The third kappa shape index (κ3) is 5.54. The maximum Gasteiger partial charge on any atom is 0.354 e. The van der Waals surface area contributed by atoms with E-state index in [-0.39, 0.29) is 23.8 Å². The number of carbonyl (C=O) groups excluding carboxylic acids is 1. The molecule has 0 bridgehead atoms. The van der Waals surface area contributed by atoms with Crippen molar-refractivity contribution in [3.8, 4) is 17.2 Å². The van der Waals surface area contributed by atoms with E-state index in [2.05, 4.69) is 4.98 Å². The molecule has 0 fully saturated rings. The first-order valence-electron chi connectivity index (χ1n) is 9.44. The van der Waals surface area contributed by atoms with Gasteiger partial charge in [-0.05, 0) is 43.3 Å². The lowest BCUT2D eigenvalue weighted by Crippen LogP contribution is -2.32. The van der Waals surface area contributed by atoms with E-state index in [9.17, 15) is 13.2 Å². The lowest BCUT2D eigenvalue weighted by molar-refractivity contribution is 0.0520. The second kappa shape index (κ2) is 9.38. The molecule has 31 heavy (non-hydrogen) atoms. The fourth-order valence-electron chi connectivity index (χ4n) is 2.91. The van der Waals surface area contributed by atoms with E-state index in [0.29, 0.717) is 28.2 Å². The fraction of sp³-hybridized carbons (Fsp3) is 0.286. The van der Waals surface area contributed by atoms with Gasteiger partial charge in [0.25, 0.3) is 0 Å². The number of aromatic nitrogens is 1. The Bertz CT molecular complexity index is 1170. The van der Waals surface area contributed by atoms with Crippen molar-refractivity contribution in [1.29, 1.82) is 0 Å². The molecular weight excluding hydrogens is 424 g/mol. The molecule has 1 unspecified atom stereocenters. The highest BCUT2D eigenvalue weighted by Crippen LogP contribution is 2.34. The minimum atomic E-state index is -3.31. The lowest BCUT2D eigenvalue weighted by Gasteiger charge is -2.15. The van der Waals surface area contributed by atoms with Crippen molar-refractivity contribution in [2.24, 2.45) is 5.73 Å². The SMILES string of the molecule is CCOC(=O)c1cc2cc(Oc3ccc(S(C)(=O)=O)cc3)cc(OC(N)COC)c2[nH]1. The molecule has 0 aliphatic heterocycles. The number of nitrogens with two attached hydrogens (primary N) is 1. The molecule has 3 rings (SSSR count). The van der Waals surface area contributed by atoms with E-state index in [1.54, 1.807) is 37.3 Å². The summed E-state index contributed by atoms with van der Waals surface area (Å²) in [6, 6.07) is 11.0. The summed E-state index contributed by atoms with van der Waals surface area (Å²) >= 11 is 0. The van der Waals surface area contributed by atoms with Gasteiger partial charge in [-0.1, -0.05) is 0 Å². The second-order valence-corrected chi connectivity index (χ2v) is 8.76. The van der Waals surface area contributed by atoms with Gasteiger partial charge in [-0.15, -0.1) is 0 Å². The molecule has 1 heterocycles. The highest BCUT2D eigenvalue weighted by Gasteiger charge is 2.17. The molecule has 0 saturated heterocycles. The van der Waals surface area contributed by atoms with Crippen LogP contribution in [0.4, 0.5) is 0 Å². The Labute approximate surface area is 180 Å². The minimum absolute atomic E-state index is 0.158. The van der Waals surface area contributed by atoms with E-state index in [1.807, 2.05) is 0 Å². The van der Waals surface area contributed by atoms with E-state index in [1.165, 1.54) is 19.2 Å². The van der Waals surface area contributed by atoms with Crippen LogP contribution in [0.25, 0.3) is 10.9 Å². The van der Waals surface area contributed by atoms with E-state index in [4.69, 9.17) is 24.7 Å².